The second kappa shape index (κ2) is 4.62. The largest absolute Gasteiger partial charge is 0.321 e. The van der Waals surface area contributed by atoms with Gasteiger partial charge in [-0.1, -0.05) is 22.9 Å². The maximum Gasteiger partial charge on any atom is 0.125 e. The first kappa shape index (κ1) is 12.9. The molecule has 0 saturated heterocycles. The van der Waals surface area contributed by atoms with Crippen molar-refractivity contribution in [3.05, 3.63) is 28.5 Å². The van der Waals surface area contributed by atoms with E-state index >= 15 is 0 Å². The van der Waals surface area contributed by atoms with Crippen molar-refractivity contribution in [2.45, 2.75) is 38.6 Å². The van der Waals surface area contributed by atoms with Crippen molar-refractivity contribution in [1.29, 1.82) is 0 Å². The smallest absolute Gasteiger partial charge is 0.125 e. The van der Waals surface area contributed by atoms with Gasteiger partial charge in [0.2, 0.25) is 0 Å². The van der Waals surface area contributed by atoms with Gasteiger partial charge in [-0.3, -0.25) is 0 Å². The van der Waals surface area contributed by atoms with Gasteiger partial charge in [0.25, 0.3) is 0 Å². The molecule has 0 spiro atoms. The van der Waals surface area contributed by atoms with Crippen molar-refractivity contribution < 1.29 is 0 Å². The lowest BCUT2D eigenvalue weighted by Gasteiger charge is -2.27. The van der Waals surface area contributed by atoms with Gasteiger partial charge in [0.15, 0.2) is 0 Å². The Morgan fingerprint density at radius 2 is 2.12 bits per heavy atom. The SMILES string of the molecule is CCC(C)(C)n1c(CCl)nc2cc(Br)ccc21. The molecule has 0 unspecified atom stereocenters. The first-order chi connectivity index (χ1) is 7.99. The van der Waals surface area contributed by atoms with E-state index in [2.05, 4.69) is 52.3 Å². The van der Waals surface area contributed by atoms with E-state index in [0.29, 0.717) is 5.88 Å². The summed E-state index contributed by atoms with van der Waals surface area (Å²) in [5, 5.41) is 0. The third-order valence-electron chi connectivity index (χ3n) is 3.28. The van der Waals surface area contributed by atoms with Crippen LogP contribution in [-0.4, -0.2) is 9.55 Å². The minimum absolute atomic E-state index is 0.0345. The first-order valence-electron chi connectivity index (χ1n) is 5.73. The van der Waals surface area contributed by atoms with Gasteiger partial charge < -0.3 is 4.57 Å². The Bertz CT molecular complexity index is 546. The lowest BCUT2D eigenvalue weighted by Crippen LogP contribution is -2.26. The number of hydrogen-bond donors (Lipinski definition) is 0. The number of nitrogens with zero attached hydrogens (tertiary/aromatic N) is 2. The highest BCUT2D eigenvalue weighted by molar-refractivity contribution is 9.10. The molecule has 0 aliphatic rings. The molecule has 0 aliphatic heterocycles. The molecule has 17 heavy (non-hydrogen) atoms. The molecule has 0 atom stereocenters. The van der Waals surface area contributed by atoms with Crippen LogP contribution >= 0.6 is 27.5 Å². The molecule has 92 valence electrons. The van der Waals surface area contributed by atoms with Crippen LogP contribution in [0.5, 0.6) is 0 Å². The van der Waals surface area contributed by atoms with Crippen LogP contribution in [0.2, 0.25) is 0 Å². The van der Waals surface area contributed by atoms with Crippen LogP contribution in [0.1, 0.15) is 33.0 Å². The van der Waals surface area contributed by atoms with E-state index < -0.39 is 0 Å². The fourth-order valence-electron chi connectivity index (χ4n) is 2.03. The molecule has 0 N–H and O–H groups in total. The predicted molar refractivity (Wildman–Crippen MR) is 76.6 cm³/mol. The van der Waals surface area contributed by atoms with Gasteiger partial charge in [-0.25, -0.2) is 4.98 Å². The summed E-state index contributed by atoms with van der Waals surface area (Å²) in [7, 11) is 0. The van der Waals surface area contributed by atoms with E-state index in [4.69, 9.17) is 11.6 Å². The number of alkyl halides is 1. The van der Waals surface area contributed by atoms with E-state index in [1.54, 1.807) is 0 Å². The Morgan fingerprint density at radius 3 is 2.71 bits per heavy atom. The zero-order valence-electron chi connectivity index (χ0n) is 10.3. The number of hydrogen-bond acceptors (Lipinski definition) is 1. The maximum absolute atomic E-state index is 6.01. The highest BCUT2D eigenvalue weighted by atomic mass is 79.9. The average Bonchev–Trinajstić information content (AvgIpc) is 2.67. The molecule has 1 aromatic heterocycles. The van der Waals surface area contributed by atoms with Crippen molar-refractivity contribution in [2.75, 3.05) is 0 Å². The number of imidazole rings is 1. The van der Waals surface area contributed by atoms with Crippen LogP contribution in [0.15, 0.2) is 22.7 Å². The fourth-order valence-corrected chi connectivity index (χ4v) is 2.55. The van der Waals surface area contributed by atoms with Gasteiger partial charge in [0, 0.05) is 10.0 Å². The van der Waals surface area contributed by atoms with Crippen LogP contribution in [0.4, 0.5) is 0 Å². The van der Waals surface area contributed by atoms with Crippen molar-refractivity contribution in [3.8, 4) is 0 Å². The van der Waals surface area contributed by atoms with Crippen molar-refractivity contribution in [1.82, 2.24) is 9.55 Å². The molecule has 0 aliphatic carbocycles. The van der Waals surface area contributed by atoms with Gasteiger partial charge >= 0.3 is 0 Å². The second-order valence-electron chi connectivity index (χ2n) is 4.80. The second-order valence-corrected chi connectivity index (χ2v) is 5.98. The van der Waals surface area contributed by atoms with E-state index in [9.17, 15) is 0 Å². The predicted octanol–water partition coefficient (Wildman–Crippen LogP) is 4.68. The average molecular weight is 316 g/mol. The third kappa shape index (κ3) is 2.23. The summed E-state index contributed by atoms with van der Waals surface area (Å²) in [6, 6.07) is 6.18. The molecular formula is C13H16BrClN2. The van der Waals surface area contributed by atoms with Gasteiger partial charge in [-0.05, 0) is 38.5 Å². The summed E-state index contributed by atoms with van der Waals surface area (Å²) in [5.74, 6) is 1.38. The molecular weight excluding hydrogens is 300 g/mol. The number of aromatic nitrogens is 2. The van der Waals surface area contributed by atoms with Crippen LogP contribution in [0.3, 0.4) is 0 Å². The van der Waals surface area contributed by atoms with Crippen LogP contribution in [0.25, 0.3) is 11.0 Å². The molecule has 0 radical (unpaired) electrons. The highest BCUT2D eigenvalue weighted by Gasteiger charge is 2.23. The topological polar surface area (TPSA) is 17.8 Å². The van der Waals surface area contributed by atoms with Gasteiger partial charge in [-0.2, -0.15) is 0 Å². The Balaban J connectivity index is 2.75. The number of rotatable bonds is 3. The van der Waals surface area contributed by atoms with Crippen molar-refractivity contribution >= 4 is 38.6 Å². The molecule has 2 aromatic rings. The zero-order valence-corrected chi connectivity index (χ0v) is 12.6. The summed E-state index contributed by atoms with van der Waals surface area (Å²) >= 11 is 9.48. The lowest BCUT2D eigenvalue weighted by molar-refractivity contribution is 0.344. The molecule has 0 bridgehead atoms. The monoisotopic (exact) mass is 314 g/mol. The molecule has 0 fully saturated rings. The lowest BCUT2D eigenvalue weighted by atomic mass is 10.0. The first-order valence-corrected chi connectivity index (χ1v) is 7.05. The van der Waals surface area contributed by atoms with Crippen molar-refractivity contribution in [3.63, 3.8) is 0 Å². The summed E-state index contributed by atoms with van der Waals surface area (Å²) in [6.45, 7) is 6.61. The highest BCUT2D eigenvalue weighted by Crippen LogP contribution is 2.30. The number of fused-ring (bicyclic) bond motifs is 1. The maximum atomic E-state index is 6.01. The molecule has 2 rings (SSSR count). The standard InChI is InChI=1S/C13H16BrClN2/c1-4-13(2,3)17-11-6-5-9(14)7-10(11)16-12(17)8-15/h5-7H,4,8H2,1-3H3. The molecule has 1 heterocycles. The van der Waals surface area contributed by atoms with Gasteiger partial charge in [0.05, 0.1) is 16.9 Å². The Labute approximate surface area is 115 Å². The van der Waals surface area contributed by atoms with Gasteiger partial charge in [-0.15, -0.1) is 11.6 Å². The molecule has 0 amide bonds. The van der Waals surface area contributed by atoms with Crippen LogP contribution in [0, 0.1) is 0 Å². The fraction of sp³-hybridized carbons (Fsp3) is 0.462. The van der Waals surface area contributed by atoms with Crippen LogP contribution < -0.4 is 0 Å². The number of halogens is 2. The number of benzene rings is 1. The van der Waals surface area contributed by atoms with E-state index in [1.165, 1.54) is 0 Å². The summed E-state index contributed by atoms with van der Waals surface area (Å²) in [4.78, 5) is 4.61. The van der Waals surface area contributed by atoms with E-state index in [-0.39, 0.29) is 5.54 Å². The van der Waals surface area contributed by atoms with Crippen LogP contribution in [-0.2, 0) is 11.4 Å². The molecule has 1 aromatic carbocycles. The molecule has 0 saturated carbocycles. The van der Waals surface area contributed by atoms with E-state index in [0.717, 1.165) is 27.8 Å². The molecule has 4 heteroatoms. The normalized spacial score (nSPS) is 12.3. The Kier molecular flexibility index (Phi) is 3.50. The van der Waals surface area contributed by atoms with E-state index in [1.807, 2.05) is 12.1 Å². The Hall–Kier alpha value is -0.540. The summed E-state index contributed by atoms with van der Waals surface area (Å²) in [6.07, 6.45) is 1.04. The quantitative estimate of drug-likeness (QED) is 0.752. The third-order valence-corrected chi connectivity index (χ3v) is 4.01. The van der Waals surface area contributed by atoms with Gasteiger partial charge in [0.1, 0.15) is 5.82 Å². The summed E-state index contributed by atoms with van der Waals surface area (Å²) in [5.41, 5.74) is 2.18. The Morgan fingerprint density at radius 1 is 1.41 bits per heavy atom. The van der Waals surface area contributed by atoms with Crippen molar-refractivity contribution in [2.24, 2.45) is 0 Å². The minimum atomic E-state index is 0.0345. The zero-order chi connectivity index (χ0) is 12.6. The molecule has 2 nitrogen and oxygen atoms in total. The summed E-state index contributed by atoms with van der Waals surface area (Å²) < 4.78 is 3.30. The minimum Gasteiger partial charge on any atom is -0.321 e.